The molecule has 31 heavy (non-hydrogen) atoms. The van der Waals surface area contributed by atoms with Gasteiger partial charge in [-0.3, -0.25) is 0 Å². The summed E-state index contributed by atoms with van der Waals surface area (Å²) < 4.78 is 19.6. The van der Waals surface area contributed by atoms with Crippen molar-refractivity contribution in [3.8, 4) is 0 Å². The summed E-state index contributed by atoms with van der Waals surface area (Å²) in [6, 6.07) is 25.9. The van der Waals surface area contributed by atoms with Crippen molar-refractivity contribution in [3.63, 3.8) is 0 Å². The minimum Gasteiger partial charge on any atom is -0.456 e. The van der Waals surface area contributed by atoms with E-state index in [9.17, 15) is 4.39 Å². The highest BCUT2D eigenvalue weighted by atomic mass is 19.1. The Bertz CT molecular complexity index is 1670. The Morgan fingerprint density at radius 3 is 2.55 bits per heavy atom. The number of nitrogens with two attached hydrogens (primary N) is 1. The Kier molecular flexibility index (Phi) is 3.77. The summed E-state index contributed by atoms with van der Waals surface area (Å²) in [5, 5.41) is 4.55. The first-order chi connectivity index (χ1) is 15.2. The van der Waals surface area contributed by atoms with Gasteiger partial charge in [0.05, 0.1) is 5.52 Å². The lowest BCUT2D eigenvalue weighted by molar-refractivity contribution is 0.630. The maximum Gasteiger partial charge on any atom is 0.154 e. The molecule has 0 bridgehead atoms. The van der Waals surface area contributed by atoms with Gasteiger partial charge >= 0.3 is 0 Å². The van der Waals surface area contributed by atoms with Crippen LogP contribution >= 0.6 is 0 Å². The lowest BCUT2D eigenvalue weighted by atomic mass is 10.1. The minimum absolute atomic E-state index is 0.272. The zero-order chi connectivity index (χ0) is 20.9. The number of halogens is 1. The summed E-state index contributed by atoms with van der Waals surface area (Å²) >= 11 is 0. The number of nitrogens with zero attached hydrogens (tertiary/aromatic N) is 2. The number of pyridine rings is 1. The van der Waals surface area contributed by atoms with Gasteiger partial charge in [0.2, 0.25) is 0 Å². The molecular formula is C26H16FN3O. The first-order valence-electron chi connectivity index (χ1n) is 9.91. The Morgan fingerprint density at radius 1 is 0.806 bits per heavy atom. The van der Waals surface area contributed by atoms with E-state index >= 15 is 0 Å². The van der Waals surface area contributed by atoms with Gasteiger partial charge in [0.1, 0.15) is 22.8 Å². The molecule has 0 amide bonds. The molecule has 0 radical (unpaired) electrons. The average molecular weight is 405 g/mol. The summed E-state index contributed by atoms with van der Waals surface area (Å²) in [6.07, 6.45) is 0. The molecule has 4 nitrogen and oxygen atoms in total. The summed E-state index contributed by atoms with van der Waals surface area (Å²) in [6.45, 7) is 0. The molecule has 0 saturated carbocycles. The van der Waals surface area contributed by atoms with Gasteiger partial charge in [-0.05, 0) is 47.9 Å². The second-order valence-electron chi connectivity index (χ2n) is 7.45. The standard InChI is InChI=1S/C26H16FN3O/c27-17-11-12-18-16(14-17)9-8-15-10-13-23(29-25(15)18)30-26(28)20-5-3-7-22-24(20)19-4-1-2-6-21(19)31-22/h1-14H,(H2,28,29,30). The smallest absolute Gasteiger partial charge is 0.154 e. The summed E-state index contributed by atoms with van der Waals surface area (Å²) in [4.78, 5) is 9.32. The number of fused-ring (bicyclic) bond motifs is 6. The zero-order valence-corrected chi connectivity index (χ0v) is 16.3. The second-order valence-corrected chi connectivity index (χ2v) is 7.45. The number of aromatic nitrogens is 1. The number of furan rings is 1. The normalized spacial score (nSPS) is 12.4. The first-order valence-corrected chi connectivity index (χ1v) is 9.91. The van der Waals surface area contributed by atoms with Gasteiger partial charge in [-0.1, -0.05) is 42.5 Å². The zero-order valence-electron chi connectivity index (χ0n) is 16.3. The molecule has 2 heterocycles. The number of benzene rings is 4. The minimum atomic E-state index is -0.272. The molecule has 5 heteroatoms. The Morgan fingerprint density at radius 2 is 1.61 bits per heavy atom. The van der Waals surface area contributed by atoms with Crippen LogP contribution < -0.4 is 5.73 Å². The number of aliphatic imine (C=N–C) groups is 1. The Balaban J connectivity index is 1.54. The lowest BCUT2D eigenvalue weighted by Gasteiger charge is -2.06. The summed E-state index contributed by atoms with van der Waals surface area (Å²) in [5.41, 5.74) is 9.56. The fourth-order valence-electron chi connectivity index (χ4n) is 4.11. The lowest BCUT2D eigenvalue weighted by Crippen LogP contribution is -2.13. The Hall–Kier alpha value is -4.25. The van der Waals surface area contributed by atoms with Crippen LogP contribution in [0, 0.1) is 5.82 Å². The molecule has 6 rings (SSSR count). The van der Waals surface area contributed by atoms with E-state index < -0.39 is 0 Å². The van der Waals surface area contributed by atoms with E-state index in [0.29, 0.717) is 11.7 Å². The largest absolute Gasteiger partial charge is 0.456 e. The maximum absolute atomic E-state index is 13.6. The van der Waals surface area contributed by atoms with Crippen molar-refractivity contribution >= 4 is 55.3 Å². The van der Waals surface area contributed by atoms with E-state index in [4.69, 9.17) is 15.1 Å². The molecule has 2 N–H and O–H groups in total. The van der Waals surface area contributed by atoms with Crippen molar-refractivity contribution in [1.82, 2.24) is 4.98 Å². The molecule has 4 aromatic carbocycles. The molecule has 0 aliphatic heterocycles. The molecular weight excluding hydrogens is 389 g/mol. The predicted molar refractivity (Wildman–Crippen MR) is 123 cm³/mol. The molecule has 0 fully saturated rings. The van der Waals surface area contributed by atoms with Crippen molar-refractivity contribution in [2.75, 3.05) is 0 Å². The molecule has 0 aliphatic carbocycles. The van der Waals surface area contributed by atoms with E-state index in [1.807, 2.05) is 66.7 Å². The summed E-state index contributed by atoms with van der Waals surface area (Å²) in [5.74, 6) is 0.576. The molecule has 148 valence electrons. The molecule has 6 aromatic rings. The quantitative estimate of drug-likeness (QED) is 0.204. The van der Waals surface area contributed by atoms with Gasteiger partial charge in [0.25, 0.3) is 0 Å². The van der Waals surface area contributed by atoms with E-state index in [1.54, 1.807) is 6.07 Å². The number of para-hydroxylation sites is 1. The van der Waals surface area contributed by atoms with E-state index in [1.165, 1.54) is 12.1 Å². The topological polar surface area (TPSA) is 64.4 Å². The maximum atomic E-state index is 13.6. The van der Waals surface area contributed by atoms with Crippen molar-refractivity contribution in [1.29, 1.82) is 0 Å². The monoisotopic (exact) mass is 405 g/mol. The number of amidine groups is 1. The van der Waals surface area contributed by atoms with E-state index in [2.05, 4.69) is 4.99 Å². The molecule has 0 spiro atoms. The van der Waals surface area contributed by atoms with Gasteiger partial charge in [-0.25, -0.2) is 14.4 Å². The number of hydrogen-bond donors (Lipinski definition) is 1. The molecule has 2 aromatic heterocycles. The van der Waals surface area contributed by atoms with Crippen LogP contribution in [-0.4, -0.2) is 10.8 Å². The van der Waals surface area contributed by atoms with Gasteiger partial charge < -0.3 is 10.2 Å². The van der Waals surface area contributed by atoms with Crippen LogP contribution in [0.4, 0.5) is 10.2 Å². The van der Waals surface area contributed by atoms with Crippen molar-refractivity contribution in [2.24, 2.45) is 10.7 Å². The van der Waals surface area contributed by atoms with Crippen LogP contribution in [0.5, 0.6) is 0 Å². The predicted octanol–water partition coefficient (Wildman–Crippen LogP) is 6.46. The summed E-state index contributed by atoms with van der Waals surface area (Å²) in [7, 11) is 0. The number of rotatable bonds is 2. The molecule has 0 unspecified atom stereocenters. The van der Waals surface area contributed by atoms with Gasteiger partial charge in [-0.15, -0.1) is 0 Å². The third-order valence-corrected chi connectivity index (χ3v) is 5.54. The average Bonchev–Trinajstić information content (AvgIpc) is 3.17. The third-order valence-electron chi connectivity index (χ3n) is 5.54. The third kappa shape index (κ3) is 2.82. The van der Waals surface area contributed by atoms with Crippen molar-refractivity contribution in [3.05, 3.63) is 96.3 Å². The molecule has 0 aliphatic rings. The van der Waals surface area contributed by atoms with Crippen LogP contribution in [0.15, 0.2) is 94.3 Å². The second kappa shape index (κ2) is 6.64. The highest BCUT2D eigenvalue weighted by Gasteiger charge is 2.13. The first kappa shape index (κ1) is 17.6. The van der Waals surface area contributed by atoms with Crippen molar-refractivity contribution in [2.45, 2.75) is 0 Å². The van der Waals surface area contributed by atoms with Gasteiger partial charge in [0.15, 0.2) is 5.82 Å². The van der Waals surface area contributed by atoms with Crippen LogP contribution in [0.2, 0.25) is 0 Å². The fourth-order valence-corrected chi connectivity index (χ4v) is 4.11. The van der Waals surface area contributed by atoms with Crippen LogP contribution in [0.1, 0.15) is 5.56 Å². The number of hydrogen-bond acceptors (Lipinski definition) is 3. The van der Waals surface area contributed by atoms with Gasteiger partial charge in [-0.2, -0.15) is 0 Å². The Labute approximate surface area is 176 Å². The van der Waals surface area contributed by atoms with Crippen LogP contribution in [0.3, 0.4) is 0 Å². The SMILES string of the molecule is NC(=Nc1ccc2ccc3cc(F)ccc3c2n1)c1cccc2oc3ccccc3c12. The van der Waals surface area contributed by atoms with Crippen LogP contribution in [0.25, 0.3) is 43.6 Å². The molecule has 0 atom stereocenters. The molecule has 0 saturated heterocycles. The van der Waals surface area contributed by atoms with Crippen LogP contribution in [-0.2, 0) is 0 Å². The highest BCUT2D eigenvalue weighted by molar-refractivity contribution is 6.17. The van der Waals surface area contributed by atoms with Gasteiger partial charge in [0, 0.05) is 27.1 Å². The highest BCUT2D eigenvalue weighted by Crippen LogP contribution is 2.32. The van der Waals surface area contributed by atoms with E-state index in [-0.39, 0.29) is 5.82 Å². The van der Waals surface area contributed by atoms with Crippen molar-refractivity contribution < 1.29 is 8.81 Å². The fraction of sp³-hybridized carbons (Fsp3) is 0. The van der Waals surface area contributed by atoms with E-state index in [0.717, 1.165) is 49.2 Å².